The van der Waals surface area contributed by atoms with Crippen LogP contribution in [0.5, 0.6) is 0 Å². The van der Waals surface area contributed by atoms with Crippen molar-refractivity contribution < 1.29 is 14.3 Å². The molecular weight excluding hydrogens is 280 g/mol. The number of aromatic nitrogens is 3. The minimum absolute atomic E-state index is 0.0117. The summed E-state index contributed by atoms with van der Waals surface area (Å²) in [4.78, 5) is 24.2. The van der Waals surface area contributed by atoms with E-state index < -0.39 is 5.97 Å². The number of carbonyl (C=O) groups excluding carboxylic acids is 2. The highest BCUT2D eigenvalue weighted by Gasteiger charge is 2.12. The van der Waals surface area contributed by atoms with Gasteiger partial charge in [0.1, 0.15) is 6.54 Å². The van der Waals surface area contributed by atoms with E-state index in [2.05, 4.69) is 15.6 Å². The Morgan fingerprint density at radius 1 is 1.50 bits per heavy atom. The van der Waals surface area contributed by atoms with Gasteiger partial charge in [-0.1, -0.05) is 11.3 Å². The number of nitrogens with zero attached hydrogens (tertiary/aromatic N) is 3. The Morgan fingerprint density at radius 2 is 2.35 bits per heavy atom. The van der Waals surface area contributed by atoms with Gasteiger partial charge in [0, 0.05) is 4.88 Å². The molecule has 2 heterocycles. The summed E-state index contributed by atoms with van der Waals surface area (Å²) >= 11 is 1.57. The van der Waals surface area contributed by atoms with E-state index in [1.807, 2.05) is 17.5 Å². The summed E-state index contributed by atoms with van der Waals surface area (Å²) < 4.78 is 6.09. The second kappa shape index (κ2) is 6.80. The molecule has 0 fully saturated rings. The molecule has 2 aromatic rings. The average Bonchev–Trinajstić information content (AvgIpc) is 3.07. The van der Waals surface area contributed by atoms with Crippen LogP contribution in [0.1, 0.15) is 22.3 Å². The van der Waals surface area contributed by atoms with Gasteiger partial charge < -0.3 is 10.1 Å². The maximum atomic E-state index is 11.7. The molecule has 0 saturated heterocycles. The second-order valence-electron chi connectivity index (χ2n) is 3.88. The molecule has 106 valence electrons. The standard InChI is InChI=1S/C12H14N4O3S/c1-2-19-12(18)10-7-16(15-14-10)8-11(17)13-6-9-4-3-5-20-9/h3-5,7H,2,6,8H2,1H3,(H,13,17). The van der Waals surface area contributed by atoms with Gasteiger partial charge in [-0.25, -0.2) is 9.48 Å². The number of rotatable bonds is 6. The van der Waals surface area contributed by atoms with Crippen LogP contribution in [0.4, 0.5) is 0 Å². The van der Waals surface area contributed by atoms with Gasteiger partial charge in [-0.2, -0.15) is 0 Å². The molecule has 0 saturated carbocycles. The number of hydrogen-bond acceptors (Lipinski definition) is 6. The van der Waals surface area contributed by atoms with Crippen LogP contribution in [0.25, 0.3) is 0 Å². The first-order chi connectivity index (χ1) is 9.69. The van der Waals surface area contributed by atoms with Crippen LogP contribution < -0.4 is 5.32 Å². The number of nitrogens with one attached hydrogen (secondary N) is 1. The molecular formula is C12H14N4O3S. The highest BCUT2D eigenvalue weighted by Crippen LogP contribution is 2.07. The van der Waals surface area contributed by atoms with Gasteiger partial charge in [0.25, 0.3) is 0 Å². The third-order valence-electron chi connectivity index (χ3n) is 2.37. The lowest BCUT2D eigenvalue weighted by molar-refractivity contribution is -0.122. The van der Waals surface area contributed by atoms with Crippen molar-refractivity contribution in [2.75, 3.05) is 6.61 Å². The summed E-state index contributed by atoms with van der Waals surface area (Å²) in [6.45, 7) is 2.47. The predicted molar refractivity (Wildman–Crippen MR) is 72.1 cm³/mol. The smallest absolute Gasteiger partial charge is 0.360 e. The maximum Gasteiger partial charge on any atom is 0.360 e. The number of thiophene rings is 1. The molecule has 2 rings (SSSR count). The fourth-order valence-corrected chi connectivity index (χ4v) is 2.12. The van der Waals surface area contributed by atoms with Crippen molar-refractivity contribution in [3.8, 4) is 0 Å². The fraction of sp³-hybridized carbons (Fsp3) is 0.333. The summed E-state index contributed by atoms with van der Waals surface area (Å²) in [5.74, 6) is -0.739. The van der Waals surface area contributed by atoms with Gasteiger partial charge in [-0.3, -0.25) is 4.79 Å². The van der Waals surface area contributed by atoms with Crippen LogP contribution in [-0.4, -0.2) is 33.5 Å². The summed E-state index contributed by atoms with van der Waals surface area (Å²) in [5, 5.41) is 12.1. The quantitative estimate of drug-likeness (QED) is 0.798. The highest BCUT2D eigenvalue weighted by molar-refractivity contribution is 7.09. The zero-order chi connectivity index (χ0) is 14.4. The molecule has 0 aromatic carbocycles. The third kappa shape index (κ3) is 3.89. The molecule has 0 unspecified atom stereocenters. The van der Waals surface area contributed by atoms with E-state index >= 15 is 0 Å². The zero-order valence-corrected chi connectivity index (χ0v) is 11.7. The molecule has 0 spiro atoms. The molecule has 0 aliphatic rings. The Bertz CT molecular complexity index is 579. The summed E-state index contributed by atoms with van der Waals surface area (Å²) in [5.41, 5.74) is 0.0953. The first kappa shape index (κ1) is 14.2. The number of amides is 1. The number of hydrogen-bond donors (Lipinski definition) is 1. The van der Waals surface area contributed by atoms with Gasteiger partial charge >= 0.3 is 5.97 Å². The van der Waals surface area contributed by atoms with Crippen LogP contribution >= 0.6 is 11.3 Å². The SMILES string of the molecule is CCOC(=O)c1cn(CC(=O)NCc2cccs2)nn1. The molecule has 0 aliphatic heterocycles. The molecule has 8 heteroatoms. The summed E-state index contributed by atoms with van der Waals surface area (Å²) in [7, 11) is 0. The molecule has 0 atom stereocenters. The zero-order valence-electron chi connectivity index (χ0n) is 10.9. The Kier molecular flexibility index (Phi) is 4.83. The minimum atomic E-state index is -0.544. The predicted octanol–water partition coefficient (Wildman–Crippen LogP) is 0.833. The van der Waals surface area contributed by atoms with Crippen molar-refractivity contribution >= 4 is 23.2 Å². The van der Waals surface area contributed by atoms with Crippen molar-refractivity contribution in [2.24, 2.45) is 0 Å². The van der Waals surface area contributed by atoms with Crippen LogP contribution in [0.3, 0.4) is 0 Å². The van der Waals surface area contributed by atoms with Crippen molar-refractivity contribution in [2.45, 2.75) is 20.0 Å². The van der Waals surface area contributed by atoms with E-state index in [0.717, 1.165) is 4.88 Å². The van der Waals surface area contributed by atoms with E-state index in [4.69, 9.17) is 4.74 Å². The summed E-state index contributed by atoms with van der Waals surface area (Å²) in [6.07, 6.45) is 1.39. The molecule has 1 amide bonds. The highest BCUT2D eigenvalue weighted by atomic mass is 32.1. The van der Waals surface area contributed by atoms with Gasteiger partial charge in [0.05, 0.1) is 19.3 Å². The molecule has 2 aromatic heterocycles. The van der Waals surface area contributed by atoms with Crippen LogP contribution in [0.15, 0.2) is 23.7 Å². The third-order valence-corrected chi connectivity index (χ3v) is 3.25. The van der Waals surface area contributed by atoms with E-state index in [1.165, 1.54) is 10.9 Å². The Hall–Kier alpha value is -2.22. The number of esters is 1. The van der Waals surface area contributed by atoms with Crippen molar-refractivity contribution in [1.82, 2.24) is 20.3 Å². The van der Waals surface area contributed by atoms with Crippen molar-refractivity contribution in [3.63, 3.8) is 0 Å². The topological polar surface area (TPSA) is 86.1 Å². The van der Waals surface area contributed by atoms with Crippen molar-refractivity contribution in [3.05, 3.63) is 34.3 Å². The molecule has 7 nitrogen and oxygen atoms in total. The normalized spacial score (nSPS) is 10.2. The summed E-state index contributed by atoms with van der Waals surface area (Å²) in [6, 6.07) is 3.87. The molecule has 1 N–H and O–H groups in total. The van der Waals surface area contributed by atoms with Crippen LogP contribution in [-0.2, 0) is 22.6 Å². The van der Waals surface area contributed by atoms with Gasteiger partial charge in [-0.05, 0) is 18.4 Å². The molecule has 0 aliphatic carbocycles. The lowest BCUT2D eigenvalue weighted by Gasteiger charge is -2.02. The first-order valence-corrected chi connectivity index (χ1v) is 6.93. The lowest BCUT2D eigenvalue weighted by atomic mass is 10.4. The molecule has 0 bridgehead atoms. The van der Waals surface area contributed by atoms with Gasteiger partial charge in [0.2, 0.25) is 5.91 Å². The number of ether oxygens (including phenoxy) is 1. The maximum absolute atomic E-state index is 11.7. The Morgan fingerprint density at radius 3 is 3.05 bits per heavy atom. The monoisotopic (exact) mass is 294 g/mol. The van der Waals surface area contributed by atoms with E-state index in [9.17, 15) is 9.59 Å². The lowest BCUT2D eigenvalue weighted by Crippen LogP contribution is -2.27. The van der Waals surface area contributed by atoms with Crippen molar-refractivity contribution in [1.29, 1.82) is 0 Å². The van der Waals surface area contributed by atoms with Crippen LogP contribution in [0.2, 0.25) is 0 Å². The van der Waals surface area contributed by atoms with Gasteiger partial charge in [-0.15, -0.1) is 16.4 Å². The van der Waals surface area contributed by atoms with E-state index in [1.54, 1.807) is 18.3 Å². The first-order valence-electron chi connectivity index (χ1n) is 6.05. The average molecular weight is 294 g/mol. The van der Waals surface area contributed by atoms with Gasteiger partial charge in [0.15, 0.2) is 5.69 Å². The van der Waals surface area contributed by atoms with E-state index in [0.29, 0.717) is 6.54 Å². The minimum Gasteiger partial charge on any atom is -0.461 e. The van der Waals surface area contributed by atoms with Crippen LogP contribution in [0, 0.1) is 0 Å². The largest absolute Gasteiger partial charge is 0.461 e. The fourth-order valence-electron chi connectivity index (χ4n) is 1.48. The Labute approximate surface area is 119 Å². The Balaban J connectivity index is 1.83. The van der Waals surface area contributed by atoms with E-state index in [-0.39, 0.29) is 24.8 Å². The molecule has 20 heavy (non-hydrogen) atoms. The number of carbonyl (C=O) groups is 2. The molecule has 0 radical (unpaired) electrons. The second-order valence-corrected chi connectivity index (χ2v) is 4.91.